The first-order valence-electron chi connectivity index (χ1n) is 5.86. The van der Waals surface area contributed by atoms with E-state index >= 15 is 0 Å². The fourth-order valence-electron chi connectivity index (χ4n) is 1.96. The van der Waals surface area contributed by atoms with E-state index in [2.05, 4.69) is 21.0 Å². The highest BCUT2D eigenvalue weighted by molar-refractivity contribution is 9.10. The molecule has 0 aliphatic rings. The molecule has 2 aromatic rings. The van der Waals surface area contributed by atoms with E-state index in [0.29, 0.717) is 5.56 Å². The zero-order valence-corrected chi connectivity index (χ0v) is 12.9. The minimum absolute atomic E-state index is 0.0692. The minimum atomic E-state index is -0.627. The van der Waals surface area contributed by atoms with Crippen molar-refractivity contribution in [1.29, 1.82) is 0 Å². The molecular formula is C13H14BrClFN3. The van der Waals surface area contributed by atoms with Gasteiger partial charge in [-0.1, -0.05) is 23.7 Å². The zero-order valence-electron chi connectivity index (χ0n) is 10.6. The van der Waals surface area contributed by atoms with E-state index in [1.165, 1.54) is 6.07 Å². The van der Waals surface area contributed by atoms with Crippen LogP contribution in [-0.4, -0.2) is 9.78 Å². The van der Waals surface area contributed by atoms with Crippen molar-refractivity contribution >= 4 is 27.5 Å². The summed E-state index contributed by atoms with van der Waals surface area (Å²) < 4.78 is 16.6. The Bertz CT molecular complexity index is 598. The number of rotatable bonds is 3. The predicted octanol–water partition coefficient (Wildman–Crippen LogP) is 4.07. The second kappa shape index (κ2) is 5.61. The molecule has 19 heavy (non-hydrogen) atoms. The number of hydrogen-bond donors (Lipinski definition) is 1. The van der Waals surface area contributed by atoms with Crippen LogP contribution in [0.1, 0.15) is 37.2 Å². The zero-order chi connectivity index (χ0) is 14.2. The van der Waals surface area contributed by atoms with Gasteiger partial charge in [-0.2, -0.15) is 5.10 Å². The Morgan fingerprint density at radius 2 is 2.11 bits per heavy atom. The lowest BCUT2D eigenvalue weighted by molar-refractivity contribution is 0.493. The molecule has 1 atom stereocenters. The molecule has 1 aromatic carbocycles. The van der Waals surface area contributed by atoms with Crippen LogP contribution >= 0.6 is 27.5 Å². The van der Waals surface area contributed by atoms with Crippen LogP contribution < -0.4 is 5.73 Å². The van der Waals surface area contributed by atoms with Gasteiger partial charge in [-0.3, -0.25) is 4.68 Å². The first-order valence-corrected chi connectivity index (χ1v) is 7.03. The van der Waals surface area contributed by atoms with Gasteiger partial charge in [-0.15, -0.1) is 0 Å². The molecule has 3 nitrogen and oxygen atoms in total. The Balaban J connectivity index is 2.53. The molecule has 0 saturated carbocycles. The molecule has 0 bridgehead atoms. The highest BCUT2D eigenvalue weighted by Crippen LogP contribution is 2.31. The Kier molecular flexibility index (Phi) is 4.28. The lowest BCUT2D eigenvalue weighted by Gasteiger charge is -2.18. The van der Waals surface area contributed by atoms with Gasteiger partial charge in [-0.25, -0.2) is 4.39 Å². The summed E-state index contributed by atoms with van der Waals surface area (Å²) in [4.78, 5) is 0. The molecule has 1 aromatic heterocycles. The topological polar surface area (TPSA) is 43.8 Å². The maximum atomic E-state index is 14.1. The van der Waals surface area contributed by atoms with Crippen molar-refractivity contribution in [1.82, 2.24) is 9.78 Å². The van der Waals surface area contributed by atoms with Crippen LogP contribution in [-0.2, 0) is 0 Å². The standard InChI is InChI=1S/C13H14BrClFN3/c1-7(2)19-13(9(14)6-18-19)12(17)8-4-3-5-10(15)11(8)16/h3-7,12H,17H2,1-2H3. The van der Waals surface area contributed by atoms with Gasteiger partial charge in [0.25, 0.3) is 0 Å². The van der Waals surface area contributed by atoms with Crippen LogP contribution in [0.15, 0.2) is 28.9 Å². The minimum Gasteiger partial charge on any atom is -0.319 e. The number of nitrogens with zero attached hydrogens (tertiary/aromatic N) is 2. The average Bonchev–Trinajstić information content (AvgIpc) is 2.74. The van der Waals surface area contributed by atoms with Gasteiger partial charge in [-0.05, 0) is 35.8 Å². The van der Waals surface area contributed by atoms with Crippen LogP contribution in [0.25, 0.3) is 0 Å². The molecule has 0 saturated heterocycles. The van der Waals surface area contributed by atoms with Crippen molar-refractivity contribution in [2.75, 3.05) is 0 Å². The molecule has 0 spiro atoms. The maximum Gasteiger partial charge on any atom is 0.146 e. The van der Waals surface area contributed by atoms with Crippen molar-refractivity contribution in [3.05, 3.63) is 51.0 Å². The molecule has 2 N–H and O–H groups in total. The van der Waals surface area contributed by atoms with Gasteiger partial charge in [0, 0.05) is 11.6 Å². The first kappa shape index (κ1) is 14.5. The number of aromatic nitrogens is 2. The molecule has 1 unspecified atom stereocenters. The summed E-state index contributed by atoms with van der Waals surface area (Å²) in [5, 5.41) is 4.32. The molecule has 0 fully saturated rings. The summed E-state index contributed by atoms with van der Waals surface area (Å²) in [6.45, 7) is 3.98. The van der Waals surface area contributed by atoms with Crippen molar-refractivity contribution < 1.29 is 4.39 Å². The Labute approximate surface area is 124 Å². The Hall–Kier alpha value is -0.910. The molecule has 0 aliphatic heterocycles. The van der Waals surface area contributed by atoms with Crippen LogP contribution in [0.3, 0.4) is 0 Å². The summed E-state index contributed by atoms with van der Waals surface area (Å²) in [7, 11) is 0. The van der Waals surface area contributed by atoms with E-state index in [0.717, 1.165) is 10.2 Å². The van der Waals surface area contributed by atoms with E-state index in [4.69, 9.17) is 17.3 Å². The predicted molar refractivity (Wildman–Crippen MR) is 77.8 cm³/mol. The molecular weight excluding hydrogens is 333 g/mol. The fraction of sp³-hybridized carbons (Fsp3) is 0.308. The number of hydrogen-bond acceptors (Lipinski definition) is 2. The van der Waals surface area contributed by atoms with Gasteiger partial charge in [0.05, 0.1) is 27.4 Å². The van der Waals surface area contributed by atoms with E-state index in [-0.39, 0.29) is 11.1 Å². The molecule has 2 rings (SSSR count). The van der Waals surface area contributed by atoms with Crippen LogP contribution in [0.5, 0.6) is 0 Å². The van der Waals surface area contributed by atoms with E-state index in [1.54, 1.807) is 23.0 Å². The van der Waals surface area contributed by atoms with E-state index in [1.807, 2.05) is 13.8 Å². The van der Waals surface area contributed by atoms with Crippen molar-refractivity contribution in [3.63, 3.8) is 0 Å². The van der Waals surface area contributed by atoms with Gasteiger partial charge in [0.15, 0.2) is 0 Å². The third-order valence-corrected chi connectivity index (χ3v) is 3.79. The van der Waals surface area contributed by atoms with Crippen molar-refractivity contribution in [2.24, 2.45) is 5.73 Å². The second-order valence-electron chi connectivity index (χ2n) is 4.54. The van der Waals surface area contributed by atoms with Crippen LogP contribution in [0, 0.1) is 5.82 Å². The molecule has 6 heteroatoms. The average molecular weight is 347 g/mol. The number of nitrogens with two attached hydrogens (primary N) is 1. The number of benzene rings is 1. The van der Waals surface area contributed by atoms with Crippen LogP contribution in [0.2, 0.25) is 5.02 Å². The summed E-state index contributed by atoms with van der Waals surface area (Å²) in [5.74, 6) is -0.486. The van der Waals surface area contributed by atoms with Crippen molar-refractivity contribution in [2.45, 2.75) is 25.9 Å². The molecule has 1 heterocycles. The third kappa shape index (κ3) is 2.68. The van der Waals surface area contributed by atoms with Gasteiger partial charge in [0.1, 0.15) is 5.82 Å². The quantitative estimate of drug-likeness (QED) is 0.910. The lowest BCUT2D eigenvalue weighted by Crippen LogP contribution is -2.20. The highest BCUT2D eigenvalue weighted by Gasteiger charge is 2.23. The van der Waals surface area contributed by atoms with E-state index in [9.17, 15) is 4.39 Å². The molecule has 102 valence electrons. The molecule has 0 radical (unpaired) electrons. The van der Waals surface area contributed by atoms with Gasteiger partial charge < -0.3 is 5.73 Å². The highest BCUT2D eigenvalue weighted by atomic mass is 79.9. The molecule has 0 amide bonds. The lowest BCUT2D eigenvalue weighted by atomic mass is 10.0. The largest absolute Gasteiger partial charge is 0.319 e. The van der Waals surface area contributed by atoms with Crippen molar-refractivity contribution in [3.8, 4) is 0 Å². The Morgan fingerprint density at radius 3 is 2.74 bits per heavy atom. The summed E-state index contributed by atoms with van der Waals surface area (Å²) >= 11 is 9.20. The van der Waals surface area contributed by atoms with Gasteiger partial charge in [0.2, 0.25) is 0 Å². The van der Waals surface area contributed by atoms with Gasteiger partial charge >= 0.3 is 0 Å². The SMILES string of the molecule is CC(C)n1ncc(Br)c1C(N)c1cccc(Cl)c1F. The van der Waals surface area contributed by atoms with E-state index < -0.39 is 11.9 Å². The van der Waals surface area contributed by atoms with Crippen LogP contribution in [0.4, 0.5) is 4.39 Å². The normalized spacial score (nSPS) is 13.0. The smallest absolute Gasteiger partial charge is 0.146 e. The number of halogens is 3. The third-order valence-electron chi connectivity index (χ3n) is 2.89. The monoisotopic (exact) mass is 345 g/mol. The second-order valence-corrected chi connectivity index (χ2v) is 5.80. The molecule has 0 aliphatic carbocycles. The Morgan fingerprint density at radius 1 is 1.42 bits per heavy atom. The summed E-state index contributed by atoms with van der Waals surface area (Å²) in [6.07, 6.45) is 1.66. The first-order chi connectivity index (χ1) is 8.93. The maximum absolute atomic E-state index is 14.1. The fourth-order valence-corrected chi connectivity index (χ4v) is 2.66. The summed E-state index contributed by atoms with van der Waals surface area (Å²) in [5.41, 5.74) is 7.27. The summed E-state index contributed by atoms with van der Waals surface area (Å²) in [6, 6.07) is 4.33.